The predicted octanol–water partition coefficient (Wildman–Crippen LogP) is 2.11. The van der Waals surface area contributed by atoms with Crippen LogP contribution in [0, 0.1) is 0 Å². The maximum atomic E-state index is 4.62. The Bertz CT molecular complexity index is 397. The van der Waals surface area contributed by atoms with E-state index in [0.717, 1.165) is 32.2 Å². The molecule has 1 N–H and O–H groups in total. The highest BCUT2D eigenvalue weighted by Gasteiger charge is 2.22. The van der Waals surface area contributed by atoms with Crippen LogP contribution in [0.25, 0.3) is 0 Å². The zero-order chi connectivity index (χ0) is 14.4. The molecule has 4 heteroatoms. The molecule has 0 aliphatic carbocycles. The van der Waals surface area contributed by atoms with Gasteiger partial charge in [0.25, 0.3) is 0 Å². The molecule has 0 spiro atoms. The van der Waals surface area contributed by atoms with E-state index >= 15 is 0 Å². The third-order valence-electron chi connectivity index (χ3n) is 4.10. The van der Waals surface area contributed by atoms with Crippen molar-refractivity contribution in [1.82, 2.24) is 15.2 Å². The van der Waals surface area contributed by atoms with Crippen molar-refractivity contribution in [2.75, 3.05) is 38.6 Å². The van der Waals surface area contributed by atoms with Crippen LogP contribution >= 0.6 is 0 Å². The summed E-state index contributed by atoms with van der Waals surface area (Å²) in [5, 5.41) is 3.48. The van der Waals surface area contributed by atoms with Gasteiger partial charge in [-0.25, -0.2) is 4.98 Å². The zero-order valence-corrected chi connectivity index (χ0v) is 13.1. The second-order valence-electron chi connectivity index (χ2n) is 5.84. The molecule has 2 rings (SSSR count). The van der Waals surface area contributed by atoms with Gasteiger partial charge < -0.3 is 15.1 Å². The number of hydrogen-bond acceptors (Lipinski definition) is 4. The first-order chi connectivity index (χ1) is 9.72. The van der Waals surface area contributed by atoms with Gasteiger partial charge in [0.15, 0.2) is 0 Å². The summed E-state index contributed by atoms with van der Waals surface area (Å²) < 4.78 is 0. The Labute approximate surface area is 123 Å². The van der Waals surface area contributed by atoms with E-state index in [9.17, 15) is 0 Å². The average molecular weight is 276 g/mol. The van der Waals surface area contributed by atoms with Crippen molar-refractivity contribution in [2.24, 2.45) is 0 Å². The molecule has 0 radical (unpaired) electrons. The molecule has 112 valence electrons. The lowest BCUT2D eigenvalue weighted by Gasteiger charge is -2.36. The van der Waals surface area contributed by atoms with Crippen molar-refractivity contribution in [2.45, 2.75) is 38.8 Å². The van der Waals surface area contributed by atoms with Crippen molar-refractivity contribution >= 4 is 5.82 Å². The normalized spacial score (nSPS) is 16.9. The molecule has 4 nitrogen and oxygen atoms in total. The van der Waals surface area contributed by atoms with Gasteiger partial charge in [-0.1, -0.05) is 13.0 Å². The molecule has 1 saturated heterocycles. The van der Waals surface area contributed by atoms with Gasteiger partial charge in [0.1, 0.15) is 5.82 Å². The number of piperidine rings is 1. The molecule has 1 fully saturated rings. The maximum Gasteiger partial charge on any atom is 0.133 e. The fourth-order valence-corrected chi connectivity index (χ4v) is 2.85. The molecule has 0 unspecified atom stereocenters. The van der Waals surface area contributed by atoms with E-state index in [4.69, 9.17) is 0 Å². The third kappa shape index (κ3) is 3.93. The Morgan fingerprint density at radius 2 is 2.10 bits per heavy atom. The van der Waals surface area contributed by atoms with Crippen molar-refractivity contribution in [3.63, 3.8) is 0 Å². The van der Waals surface area contributed by atoms with Crippen molar-refractivity contribution in [1.29, 1.82) is 0 Å². The Hall–Kier alpha value is -1.13. The zero-order valence-electron chi connectivity index (χ0n) is 13.1. The van der Waals surface area contributed by atoms with Crippen LogP contribution in [0.4, 0.5) is 5.82 Å². The second kappa shape index (κ2) is 7.60. The van der Waals surface area contributed by atoms with Crippen LogP contribution in [0.1, 0.15) is 31.7 Å². The smallest absolute Gasteiger partial charge is 0.133 e. The largest absolute Gasteiger partial charge is 0.356 e. The summed E-state index contributed by atoms with van der Waals surface area (Å²) in [5.74, 6) is 1.17. The molecule has 1 aromatic rings. The van der Waals surface area contributed by atoms with Crippen molar-refractivity contribution in [3.05, 3.63) is 23.9 Å². The SMILES string of the molecule is CCCNCc1cccnc1N1CCC(N(C)C)CC1. The standard InChI is InChI=1S/C16H28N4/c1-4-9-17-13-14-6-5-10-18-16(14)20-11-7-15(8-12-20)19(2)3/h5-6,10,15,17H,4,7-9,11-13H2,1-3H3. The van der Waals surface area contributed by atoms with Gasteiger partial charge in [-0.2, -0.15) is 0 Å². The highest BCUT2D eigenvalue weighted by molar-refractivity contribution is 5.47. The maximum absolute atomic E-state index is 4.62. The molecule has 20 heavy (non-hydrogen) atoms. The van der Waals surface area contributed by atoms with Crippen LogP contribution in [-0.4, -0.2) is 49.7 Å². The molecule has 1 aromatic heterocycles. The fraction of sp³-hybridized carbons (Fsp3) is 0.688. The molecule has 0 aromatic carbocycles. The lowest BCUT2D eigenvalue weighted by atomic mass is 10.0. The van der Waals surface area contributed by atoms with Crippen LogP contribution in [0.3, 0.4) is 0 Å². The highest BCUT2D eigenvalue weighted by Crippen LogP contribution is 2.23. The highest BCUT2D eigenvalue weighted by atomic mass is 15.2. The molecular weight excluding hydrogens is 248 g/mol. The summed E-state index contributed by atoms with van der Waals surface area (Å²) in [6.45, 7) is 6.41. The van der Waals surface area contributed by atoms with Gasteiger partial charge >= 0.3 is 0 Å². The van der Waals surface area contributed by atoms with Gasteiger partial charge in [-0.3, -0.25) is 0 Å². The molecule has 0 bridgehead atoms. The number of hydrogen-bond donors (Lipinski definition) is 1. The van der Waals surface area contributed by atoms with Crippen LogP contribution in [-0.2, 0) is 6.54 Å². The molecule has 0 amide bonds. The van der Waals surface area contributed by atoms with Gasteiger partial charge in [0, 0.05) is 37.4 Å². The molecular formula is C16H28N4. The van der Waals surface area contributed by atoms with E-state index in [1.165, 1.54) is 30.6 Å². The van der Waals surface area contributed by atoms with Crippen molar-refractivity contribution in [3.8, 4) is 0 Å². The van der Waals surface area contributed by atoms with Crippen molar-refractivity contribution < 1.29 is 0 Å². The van der Waals surface area contributed by atoms with Gasteiger partial charge in [0.05, 0.1) is 0 Å². The first kappa shape index (κ1) is 15.3. The molecule has 2 heterocycles. The molecule has 1 aliphatic rings. The first-order valence-corrected chi connectivity index (χ1v) is 7.78. The lowest BCUT2D eigenvalue weighted by molar-refractivity contribution is 0.249. The number of aromatic nitrogens is 1. The Morgan fingerprint density at radius 3 is 2.75 bits per heavy atom. The lowest BCUT2D eigenvalue weighted by Crippen LogP contribution is -2.42. The topological polar surface area (TPSA) is 31.4 Å². The summed E-state index contributed by atoms with van der Waals surface area (Å²) in [4.78, 5) is 9.42. The van der Waals surface area contributed by atoms with Crippen LogP contribution in [0.15, 0.2) is 18.3 Å². The summed E-state index contributed by atoms with van der Waals surface area (Å²) in [7, 11) is 4.36. The Balaban J connectivity index is 1.98. The number of pyridine rings is 1. The minimum absolute atomic E-state index is 0.719. The van der Waals surface area contributed by atoms with Gasteiger partial charge in [-0.15, -0.1) is 0 Å². The quantitative estimate of drug-likeness (QED) is 0.806. The van der Waals surface area contributed by atoms with E-state index in [1.54, 1.807) is 0 Å². The minimum atomic E-state index is 0.719. The van der Waals surface area contributed by atoms with E-state index in [1.807, 2.05) is 12.3 Å². The second-order valence-corrected chi connectivity index (χ2v) is 5.84. The van der Waals surface area contributed by atoms with E-state index in [-0.39, 0.29) is 0 Å². The Kier molecular flexibility index (Phi) is 5.80. The third-order valence-corrected chi connectivity index (χ3v) is 4.10. The van der Waals surface area contributed by atoms with E-state index in [2.05, 4.69) is 47.2 Å². The number of rotatable bonds is 6. The van der Waals surface area contributed by atoms with Crippen LogP contribution in [0.2, 0.25) is 0 Å². The molecule has 0 saturated carbocycles. The van der Waals surface area contributed by atoms with E-state index in [0.29, 0.717) is 0 Å². The minimum Gasteiger partial charge on any atom is -0.356 e. The summed E-state index contributed by atoms with van der Waals surface area (Å²) in [6.07, 6.45) is 5.54. The monoisotopic (exact) mass is 276 g/mol. The number of nitrogens with one attached hydrogen (secondary N) is 1. The van der Waals surface area contributed by atoms with Crippen LogP contribution in [0.5, 0.6) is 0 Å². The summed E-state index contributed by atoms with van der Waals surface area (Å²) >= 11 is 0. The molecule has 0 atom stereocenters. The number of nitrogens with zero attached hydrogens (tertiary/aromatic N) is 3. The predicted molar refractivity (Wildman–Crippen MR) is 85.2 cm³/mol. The number of anilines is 1. The van der Waals surface area contributed by atoms with E-state index < -0.39 is 0 Å². The fourth-order valence-electron chi connectivity index (χ4n) is 2.85. The van der Waals surface area contributed by atoms with Crippen LogP contribution < -0.4 is 10.2 Å². The first-order valence-electron chi connectivity index (χ1n) is 7.78. The van der Waals surface area contributed by atoms with Gasteiger partial charge in [0.2, 0.25) is 0 Å². The summed E-state index contributed by atoms with van der Waals surface area (Å²) in [6, 6.07) is 4.96. The molecule has 1 aliphatic heterocycles. The summed E-state index contributed by atoms with van der Waals surface area (Å²) in [5.41, 5.74) is 1.32. The Morgan fingerprint density at radius 1 is 1.35 bits per heavy atom. The average Bonchev–Trinajstić information content (AvgIpc) is 2.48. The van der Waals surface area contributed by atoms with Gasteiger partial charge in [-0.05, 0) is 46.0 Å².